The van der Waals surface area contributed by atoms with Gasteiger partial charge in [-0.15, -0.1) is 0 Å². The summed E-state index contributed by atoms with van der Waals surface area (Å²) in [6.07, 6.45) is -14.5. The lowest BCUT2D eigenvalue weighted by Gasteiger charge is -2.30. The molecule has 0 amide bonds. The van der Waals surface area contributed by atoms with Crippen LogP contribution in [0.5, 0.6) is 0 Å². The maximum absolute atomic E-state index is 12.9. The molecule has 4 nitrogen and oxygen atoms in total. The third kappa shape index (κ3) is 5.24. The van der Waals surface area contributed by atoms with E-state index in [0.29, 0.717) is 0 Å². The second-order valence-electron chi connectivity index (χ2n) is 5.03. The fraction of sp³-hybridized carbons (Fsp3) is 0.667. The monoisotopic (exact) mass is 480 g/mol. The second kappa shape index (κ2) is 8.44. The number of alkyl halides is 14. The van der Waals surface area contributed by atoms with Crippen LogP contribution < -0.4 is 0 Å². The Morgan fingerprint density at radius 1 is 0.567 bits per heavy atom. The summed E-state index contributed by atoms with van der Waals surface area (Å²) in [5.74, 6) is -31.1. The SMILES string of the molecule is O=C(C=CC(=O)OC(F)(F)C(F)(F)C(F)(F)CF)OC(F)(F)C(F)(F)C(F)(F)CF. The molecule has 0 bridgehead atoms. The zero-order valence-corrected chi connectivity index (χ0v) is 13.5. The Morgan fingerprint density at radius 3 is 1.00 bits per heavy atom. The highest BCUT2D eigenvalue weighted by Gasteiger charge is 2.75. The van der Waals surface area contributed by atoms with E-state index >= 15 is 0 Å². The lowest BCUT2D eigenvalue weighted by Crippen LogP contribution is -2.57. The average molecular weight is 480 g/mol. The average Bonchev–Trinajstić information content (AvgIpc) is 2.58. The van der Waals surface area contributed by atoms with Crippen LogP contribution in [-0.2, 0) is 19.1 Å². The standard InChI is InChI=1S/C12H6F14O4/c13-3-7(15,16)9(19,20)11(23,24)29-5(27)1-2-6(28)30-12(25,26)10(21,22)8(17,18)4-14/h1-2H,3-4H2. The molecule has 0 radical (unpaired) electrons. The minimum atomic E-state index is -6.65. The summed E-state index contributed by atoms with van der Waals surface area (Å²) in [5.41, 5.74) is 0. The normalized spacial score (nSPS) is 14.7. The van der Waals surface area contributed by atoms with Gasteiger partial charge in [0.05, 0.1) is 0 Å². The first-order valence-corrected chi connectivity index (χ1v) is 6.64. The number of halogens is 14. The van der Waals surface area contributed by atoms with Crippen molar-refractivity contribution in [1.29, 1.82) is 0 Å². The van der Waals surface area contributed by atoms with Gasteiger partial charge in [-0.25, -0.2) is 18.4 Å². The van der Waals surface area contributed by atoms with E-state index in [1.54, 1.807) is 0 Å². The Hall–Kier alpha value is -2.30. The van der Waals surface area contributed by atoms with Crippen LogP contribution in [0, 0.1) is 0 Å². The van der Waals surface area contributed by atoms with Gasteiger partial charge in [-0.3, -0.25) is 0 Å². The smallest absolute Gasteiger partial charge is 0.393 e. The van der Waals surface area contributed by atoms with Gasteiger partial charge in [0.15, 0.2) is 13.3 Å². The van der Waals surface area contributed by atoms with Crippen LogP contribution in [0.4, 0.5) is 61.5 Å². The highest BCUT2D eigenvalue weighted by molar-refractivity contribution is 5.91. The van der Waals surface area contributed by atoms with Crippen molar-refractivity contribution in [2.75, 3.05) is 13.3 Å². The molecule has 176 valence electrons. The molecular weight excluding hydrogens is 474 g/mol. The Kier molecular flexibility index (Phi) is 7.80. The van der Waals surface area contributed by atoms with Crippen LogP contribution in [0.25, 0.3) is 0 Å². The van der Waals surface area contributed by atoms with Crippen molar-refractivity contribution in [1.82, 2.24) is 0 Å². The summed E-state index contributed by atoms with van der Waals surface area (Å²) >= 11 is 0. The first-order chi connectivity index (χ1) is 13.1. The molecule has 0 saturated heterocycles. The maximum Gasteiger partial charge on any atom is 0.473 e. The molecule has 0 fully saturated rings. The van der Waals surface area contributed by atoms with Crippen LogP contribution in [0.2, 0.25) is 0 Å². The minimum absolute atomic E-state index is 0.818. The topological polar surface area (TPSA) is 52.6 Å². The number of hydrogen-bond donors (Lipinski definition) is 0. The highest BCUT2D eigenvalue weighted by atomic mass is 19.4. The predicted molar refractivity (Wildman–Crippen MR) is 63.0 cm³/mol. The van der Waals surface area contributed by atoms with E-state index in [9.17, 15) is 71.1 Å². The Bertz CT molecular complexity index is 616. The van der Waals surface area contributed by atoms with Crippen molar-refractivity contribution in [3.8, 4) is 0 Å². The summed E-state index contributed by atoms with van der Waals surface area (Å²) < 4.78 is 182. The maximum atomic E-state index is 12.9. The molecule has 0 spiro atoms. The van der Waals surface area contributed by atoms with Crippen molar-refractivity contribution >= 4 is 11.9 Å². The molecule has 0 aromatic heterocycles. The van der Waals surface area contributed by atoms with Gasteiger partial charge in [-0.1, -0.05) is 0 Å². The zero-order chi connectivity index (χ0) is 24.4. The molecule has 0 N–H and O–H groups in total. The van der Waals surface area contributed by atoms with Gasteiger partial charge in [0.1, 0.15) is 0 Å². The molecule has 0 rings (SSSR count). The van der Waals surface area contributed by atoms with Gasteiger partial charge in [0.2, 0.25) is 0 Å². The van der Waals surface area contributed by atoms with Crippen molar-refractivity contribution in [2.45, 2.75) is 35.9 Å². The summed E-state index contributed by atoms with van der Waals surface area (Å²) in [6, 6.07) is 0. The highest BCUT2D eigenvalue weighted by Crippen LogP contribution is 2.47. The van der Waals surface area contributed by atoms with Crippen LogP contribution in [0.1, 0.15) is 0 Å². The fourth-order valence-corrected chi connectivity index (χ4v) is 1.18. The zero-order valence-electron chi connectivity index (χ0n) is 13.5. The van der Waals surface area contributed by atoms with E-state index < -0.39 is 73.3 Å². The third-order valence-corrected chi connectivity index (χ3v) is 2.80. The molecule has 18 heteroatoms. The van der Waals surface area contributed by atoms with E-state index in [2.05, 4.69) is 9.47 Å². The van der Waals surface area contributed by atoms with Gasteiger partial charge < -0.3 is 9.47 Å². The number of esters is 2. The molecule has 0 aliphatic rings. The summed E-state index contributed by atoms with van der Waals surface area (Å²) in [7, 11) is 0. The van der Waals surface area contributed by atoms with Gasteiger partial charge in [-0.05, 0) is 0 Å². The van der Waals surface area contributed by atoms with Gasteiger partial charge in [0.25, 0.3) is 0 Å². The van der Waals surface area contributed by atoms with Gasteiger partial charge in [-0.2, -0.15) is 52.7 Å². The predicted octanol–water partition coefficient (Wildman–Crippen LogP) is 4.29. The molecule has 0 saturated carbocycles. The largest absolute Gasteiger partial charge is 0.473 e. The van der Waals surface area contributed by atoms with Crippen molar-refractivity contribution in [2.24, 2.45) is 0 Å². The van der Waals surface area contributed by atoms with E-state index in [1.807, 2.05) is 0 Å². The summed E-state index contributed by atoms with van der Waals surface area (Å²) in [5, 5.41) is 0. The molecular formula is C12H6F14O4. The molecule has 0 aromatic carbocycles. The van der Waals surface area contributed by atoms with Crippen molar-refractivity contribution in [3.63, 3.8) is 0 Å². The van der Waals surface area contributed by atoms with Crippen LogP contribution in [0.3, 0.4) is 0 Å². The number of carbonyl (C=O) groups excluding carboxylic acids is 2. The van der Waals surface area contributed by atoms with E-state index in [-0.39, 0.29) is 0 Å². The second-order valence-corrected chi connectivity index (χ2v) is 5.03. The van der Waals surface area contributed by atoms with E-state index in [0.717, 1.165) is 0 Å². The number of hydrogen-bond acceptors (Lipinski definition) is 4. The number of carbonyl (C=O) groups is 2. The first kappa shape index (κ1) is 27.7. The van der Waals surface area contributed by atoms with Crippen LogP contribution in [-0.4, -0.2) is 61.2 Å². The van der Waals surface area contributed by atoms with E-state index in [4.69, 9.17) is 0 Å². The lowest BCUT2D eigenvalue weighted by atomic mass is 10.1. The van der Waals surface area contributed by atoms with Crippen molar-refractivity contribution in [3.05, 3.63) is 12.2 Å². The lowest BCUT2D eigenvalue weighted by molar-refractivity contribution is -0.385. The Labute approximate surface area is 155 Å². The Morgan fingerprint density at radius 2 is 0.800 bits per heavy atom. The molecule has 0 aliphatic carbocycles. The number of rotatable bonds is 10. The first-order valence-electron chi connectivity index (χ1n) is 6.64. The number of ether oxygens (including phenoxy) is 2. The summed E-state index contributed by atoms with van der Waals surface area (Å²) in [4.78, 5) is 21.6. The molecule has 0 unspecified atom stereocenters. The molecule has 0 aromatic rings. The molecule has 0 atom stereocenters. The molecule has 30 heavy (non-hydrogen) atoms. The minimum Gasteiger partial charge on any atom is -0.393 e. The summed E-state index contributed by atoms with van der Waals surface area (Å²) in [6.45, 7) is -6.69. The van der Waals surface area contributed by atoms with E-state index in [1.165, 1.54) is 0 Å². The molecule has 0 heterocycles. The van der Waals surface area contributed by atoms with Crippen molar-refractivity contribution < 1.29 is 80.5 Å². The quantitative estimate of drug-likeness (QED) is 0.266. The fourth-order valence-electron chi connectivity index (χ4n) is 1.18. The van der Waals surface area contributed by atoms with Crippen LogP contribution in [0.15, 0.2) is 12.2 Å². The van der Waals surface area contributed by atoms with Gasteiger partial charge >= 0.3 is 47.8 Å². The van der Waals surface area contributed by atoms with Crippen LogP contribution >= 0.6 is 0 Å². The third-order valence-electron chi connectivity index (χ3n) is 2.80. The molecule has 0 aliphatic heterocycles. The van der Waals surface area contributed by atoms with Gasteiger partial charge in [0, 0.05) is 12.2 Å². The Balaban J connectivity index is 5.32.